The third-order valence-electron chi connectivity index (χ3n) is 1.89. The molecule has 0 bridgehead atoms. The second-order valence-electron chi connectivity index (χ2n) is 3.52. The van der Waals surface area contributed by atoms with Gasteiger partial charge >= 0.3 is 0 Å². The van der Waals surface area contributed by atoms with Crippen LogP contribution in [0, 0.1) is 5.92 Å². The van der Waals surface area contributed by atoms with Gasteiger partial charge in [-0.3, -0.25) is 0 Å². The van der Waals surface area contributed by atoms with E-state index in [9.17, 15) is 0 Å². The molecule has 0 aromatic heterocycles. The third-order valence-corrected chi connectivity index (χ3v) is 1.89. The summed E-state index contributed by atoms with van der Waals surface area (Å²) < 4.78 is 0. The highest BCUT2D eigenvalue weighted by Crippen LogP contribution is 2.13. The number of likely N-dealkylation sites (N-methyl/N-ethyl adjacent to an activating group) is 1. The smallest absolute Gasteiger partial charge is 0.0334 e. The molecule has 0 rings (SSSR count). The number of nitrogens with two attached hydrogens (primary N) is 1. The Bertz CT molecular complexity index is 171. The summed E-state index contributed by atoms with van der Waals surface area (Å²) in [4.78, 5) is 0. The summed E-state index contributed by atoms with van der Waals surface area (Å²) in [6.07, 6.45) is 1.05. The molecule has 0 fully saturated rings. The molecule has 2 heteroatoms. The molecule has 1 atom stereocenters. The Morgan fingerprint density at radius 3 is 2.17 bits per heavy atom. The predicted octanol–water partition coefficient (Wildman–Crippen LogP) is 1.65. The van der Waals surface area contributed by atoms with Crippen molar-refractivity contribution in [3.63, 3.8) is 0 Å². The van der Waals surface area contributed by atoms with Crippen molar-refractivity contribution in [1.29, 1.82) is 0 Å². The van der Waals surface area contributed by atoms with Crippen LogP contribution in [-0.2, 0) is 0 Å². The standard InChI is InChI=1S/C10H20N2/c1-7(2)6-10(12-5)8(3)9(4)11/h7,10,12H,3-4,6,11H2,1-2,5H3. The molecule has 0 amide bonds. The molecule has 0 spiro atoms. The van der Waals surface area contributed by atoms with Gasteiger partial charge in [-0.15, -0.1) is 0 Å². The van der Waals surface area contributed by atoms with Gasteiger partial charge in [-0.2, -0.15) is 0 Å². The van der Waals surface area contributed by atoms with Crippen molar-refractivity contribution in [3.05, 3.63) is 24.4 Å². The second-order valence-corrected chi connectivity index (χ2v) is 3.52. The van der Waals surface area contributed by atoms with E-state index in [4.69, 9.17) is 5.73 Å². The second kappa shape index (κ2) is 4.99. The lowest BCUT2D eigenvalue weighted by atomic mass is 9.97. The van der Waals surface area contributed by atoms with Crippen LogP contribution >= 0.6 is 0 Å². The summed E-state index contributed by atoms with van der Waals surface area (Å²) in [5, 5.41) is 3.17. The van der Waals surface area contributed by atoms with E-state index < -0.39 is 0 Å². The lowest BCUT2D eigenvalue weighted by molar-refractivity contribution is 0.487. The summed E-state index contributed by atoms with van der Waals surface area (Å²) in [6, 6.07) is 0.266. The normalized spacial score (nSPS) is 13.0. The van der Waals surface area contributed by atoms with Gasteiger partial charge in [0.25, 0.3) is 0 Å². The van der Waals surface area contributed by atoms with Crippen molar-refractivity contribution in [2.24, 2.45) is 11.7 Å². The Kier molecular flexibility index (Phi) is 4.67. The van der Waals surface area contributed by atoms with E-state index >= 15 is 0 Å². The van der Waals surface area contributed by atoms with Crippen LogP contribution in [0.4, 0.5) is 0 Å². The first-order valence-corrected chi connectivity index (χ1v) is 4.29. The van der Waals surface area contributed by atoms with Crippen LogP contribution in [0.25, 0.3) is 0 Å². The van der Waals surface area contributed by atoms with Gasteiger partial charge in [0.15, 0.2) is 0 Å². The van der Waals surface area contributed by atoms with Gasteiger partial charge in [0.1, 0.15) is 0 Å². The first-order valence-electron chi connectivity index (χ1n) is 4.29. The van der Waals surface area contributed by atoms with E-state index in [0.29, 0.717) is 11.6 Å². The molecule has 0 saturated carbocycles. The van der Waals surface area contributed by atoms with Crippen LogP contribution in [0.2, 0.25) is 0 Å². The van der Waals surface area contributed by atoms with Gasteiger partial charge in [0.05, 0.1) is 0 Å². The number of hydrogen-bond acceptors (Lipinski definition) is 2. The van der Waals surface area contributed by atoms with E-state index in [1.807, 2.05) is 7.05 Å². The highest BCUT2D eigenvalue weighted by molar-refractivity contribution is 5.27. The van der Waals surface area contributed by atoms with Crippen molar-refractivity contribution in [1.82, 2.24) is 5.32 Å². The molecule has 0 radical (unpaired) electrons. The highest BCUT2D eigenvalue weighted by Gasteiger charge is 2.12. The van der Waals surface area contributed by atoms with Crippen molar-refractivity contribution < 1.29 is 0 Å². The maximum absolute atomic E-state index is 5.55. The minimum atomic E-state index is 0.266. The minimum Gasteiger partial charge on any atom is -0.399 e. The molecule has 70 valence electrons. The summed E-state index contributed by atoms with van der Waals surface area (Å²) in [6.45, 7) is 11.9. The van der Waals surface area contributed by atoms with Crippen molar-refractivity contribution in [3.8, 4) is 0 Å². The zero-order valence-electron chi connectivity index (χ0n) is 8.35. The van der Waals surface area contributed by atoms with Crippen LogP contribution in [0.1, 0.15) is 20.3 Å². The van der Waals surface area contributed by atoms with Gasteiger partial charge in [-0.1, -0.05) is 27.0 Å². The number of rotatable bonds is 5. The molecule has 0 aromatic carbocycles. The van der Waals surface area contributed by atoms with Gasteiger partial charge < -0.3 is 11.1 Å². The molecular weight excluding hydrogens is 148 g/mol. The molecule has 1 unspecified atom stereocenters. The first-order chi connectivity index (χ1) is 5.49. The van der Waals surface area contributed by atoms with Crippen molar-refractivity contribution in [2.45, 2.75) is 26.3 Å². The molecule has 2 nitrogen and oxygen atoms in total. The largest absolute Gasteiger partial charge is 0.399 e. The average Bonchev–Trinajstić information content (AvgIpc) is 1.98. The maximum Gasteiger partial charge on any atom is 0.0334 e. The predicted molar refractivity (Wildman–Crippen MR) is 54.8 cm³/mol. The Morgan fingerprint density at radius 1 is 1.42 bits per heavy atom. The summed E-state index contributed by atoms with van der Waals surface area (Å²) in [7, 11) is 1.92. The monoisotopic (exact) mass is 168 g/mol. The molecule has 0 aliphatic heterocycles. The molecule has 0 aromatic rings. The van der Waals surface area contributed by atoms with Gasteiger partial charge in [-0.25, -0.2) is 0 Å². The minimum absolute atomic E-state index is 0.266. The molecular formula is C10H20N2. The Labute approximate surface area is 75.5 Å². The van der Waals surface area contributed by atoms with Crippen molar-refractivity contribution >= 4 is 0 Å². The average molecular weight is 168 g/mol. The molecule has 3 N–H and O–H groups in total. The van der Waals surface area contributed by atoms with E-state index in [1.165, 1.54) is 0 Å². The van der Waals surface area contributed by atoms with Crippen molar-refractivity contribution in [2.75, 3.05) is 7.05 Å². The summed E-state index contributed by atoms with van der Waals surface area (Å²) >= 11 is 0. The van der Waals surface area contributed by atoms with E-state index in [1.54, 1.807) is 0 Å². The summed E-state index contributed by atoms with van der Waals surface area (Å²) in [5.74, 6) is 0.638. The lowest BCUT2D eigenvalue weighted by Crippen LogP contribution is -2.30. The fourth-order valence-corrected chi connectivity index (χ4v) is 1.13. The molecule has 0 saturated heterocycles. The highest BCUT2D eigenvalue weighted by atomic mass is 14.9. The fourth-order valence-electron chi connectivity index (χ4n) is 1.13. The zero-order valence-corrected chi connectivity index (χ0v) is 8.35. The van der Waals surface area contributed by atoms with E-state index in [2.05, 4.69) is 32.3 Å². The Morgan fingerprint density at radius 2 is 1.92 bits per heavy atom. The van der Waals surface area contributed by atoms with Gasteiger partial charge in [-0.05, 0) is 25.0 Å². The fraction of sp³-hybridized carbons (Fsp3) is 0.600. The van der Waals surface area contributed by atoms with Gasteiger partial charge in [0.2, 0.25) is 0 Å². The van der Waals surface area contributed by atoms with E-state index in [0.717, 1.165) is 12.0 Å². The van der Waals surface area contributed by atoms with Crippen LogP contribution in [-0.4, -0.2) is 13.1 Å². The zero-order chi connectivity index (χ0) is 9.72. The Balaban J connectivity index is 4.15. The number of hydrogen-bond donors (Lipinski definition) is 2. The van der Waals surface area contributed by atoms with Crippen LogP contribution in [0.15, 0.2) is 24.4 Å². The lowest BCUT2D eigenvalue weighted by Gasteiger charge is -2.20. The Hall–Kier alpha value is -0.760. The SMILES string of the molecule is C=C(N)C(=C)C(CC(C)C)NC. The number of nitrogens with one attached hydrogen (secondary N) is 1. The molecule has 0 heterocycles. The maximum atomic E-state index is 5.55. The third kappa shape index (κ3) is 3.58. The quantitative estimate of drug-likeness (QED) is 0.613. The van der Waals surface area contributed by atoms with Crippen LogP contribution in [0.3, 0.4) is 0 Å². The van der Waals surface area contributed by atoms with E-state index in [-0.39, 0.29) is 6.04 Å². The van der Waals surface area contributed by atoms with Crippen LogP contribution < -0.4 is 11.1 Å². The molecule has 0 aliphatic carbocycles. The topological polar surface area (TPSA) is 38.0 Å². The first kappa shape index (κ1) is 11.2. The molecule has 12 heavy (non-hydrogen) atoms. The molecule has 0 aliphatic rings. The van der Waals surface area contributed by atoms with Gasteiger partial charge in [0, 0.05) is 11.7 Å². The van der Waals surface area contributed by atoms with Crippen LogP contribution in [0.5, 0.6) is 0 Å². The summed E-state index contributed by atoms with van der Waals surface area (Å²) in [5.41, 5.74) is 7.04.